The smallest absolute Gasteiger partial charge is 0.305 e. The Labute approximate surface area is 80.2 Å². The third kappa shape index (κ3) is 2.31. The summed E-state index contributed by atoms with van der Waals surface area (Å²) < 4.78 is 9.57. The van der Waals surface area contributed by atoms with Gasteiger partial charge in [0.15, 0.2) is 0 Å². The normalized spacial score (nSPS) is 39.1. The number of alkyl halides is 1. The van der Waals surface area contributed by atoms with Gasteiger partial charge in [-0.3, -0.25) is 4.79 Å². The largest absolute Gasteiger partial charge is 0.433 e. The van der Waals surface area contributed by atoms with Gasteiger partial charge in [-0.2, -0.15) is 0 Å². The molecule has 1 saturated heterocycles. The van der Waals surface area contributed by atoms with Crippen LogP contribution in [-0.2, 0) is 14.3 Å². The van der Waals surface area contributed by atoms with E-state index >= 15 is 0 Å². The predicted octanol–water partition coefficient (Wildman–Crippen LogP) is -0.765. The third-order valence-corrected chi connectivity index (χ3v) is 2.06. The molecule has 0 aromatic rings. The van der Waals surface area contributed by atoms with E-state index in [1.807, 2.05) is 0 Å². The summed E-state index contributed by atoms with van der Waals surface area (Å²) in [6, 6.07) is 0. The molecule has 76 valence electrons. The Hall–Kier alpha value is -0.360. The molecular formula is C7H11ClO5. The fraction of sp³-hybridized carbons (Fsp3) is 0.857. The van der Waals surface area contributed by atoms with Crippen molar-refractivity contribution in [1.29, 1.82) is 0 Å². The van der Waals surface area contributed by atoms with Gasteiger partial charge in [0, 0.05) is 6.92 Å². The Morgan fingerprint density at radius 1 is 1.54 bits per heavy atom. The Morgan fingerprint density at radius 2 is 2.15 bits per heavy atom. The van der Waals surface area contributed by atoms with E-state index in [1.165, 1.54) is 6.92 Å². The summed E-state index contributed by atoms with van der Waals surface area (Å²) in [6.45, 7) is 1.19. The second-order valence-electron chi connectivity index (χ2n) is 2.79. The highest BCUT2D eigenvalue weighted by Crippen LogP contribution is 2.22. The Balaban J connectivity index is 2.55. The number of hydrogen-bond donors (Lipinski definition) is 2. The average molecular weight is 211 g/mol. The van der Waals surface area contributed by atoms with E-state index in [0.717, 1.165) is 0 Å². The van der Waals surface area contributed by atoms with Crippen LogP contribution in [0.4, 0.5) is 0 Å². The van der Waals surface area contributed by atoms with E-state index in [9.17, 15) is 15.0 Å². The Kier molecular flexibility index (Phi) is 3.49. The number of aliphatic hydroxyl groups excluding tert-OH is 2. The molecule has 0 saturated carbocycles. The third-order valence-electron chi connectivity index (χ3n) is 1.75. The maximum Gasteiger partial charge on any atom is 0.305 e. The number of carbonyl (C=O) groups is 1. The number of carbonyl (C=O) groups excluding carboxylic acids is 1. The zero-order chi connectivity index (χ0) is 10.0. The molecule has 0 spiro atoms. The second kappa shape index (κ2) is 4.23. The van der Waals surface area contributed by atoms with Gasteiger partial charge >= 0.3 is 5.97 Å². The van der Waals surface area contributed by atoms with E-state index in [2.05, 4.69) is 4.74 Å². The topological polar surface area (TPSA) is 76.0 Å². The van der Waals surface area contributed by atoms with Crippen LogP contribution in [0.25, 0.3) is 0 Å². The number of hydrogen-bond acceptors (Lipinski definition) is 5. The lowest BCUT2D eigenvalue weighted by Crippen LogP contribution is -2.34. The summed E-state index contributed by atoms with van der Waals surface area (Å²) in [7, 11) is 0. The number of aliphatic hydroxyl groups is 2. The summed E-state index contributed by atoms with van der Waals surface area (Å²) >= 11 is 5.43. The quantitative estimate of drug-likeness (QED) is 0.463. The summed E-state index contributed by atoms with van der Waals surface area (Å²) in [5.74, 6) is -0.540. The monoisotopic (exact) mass is 210 g/mol. The molecule has 0 unspecified atom stereocenters. The van der Waals surface area contributed by atoms with Crippen molar-refractivity contribution in [3.63, 3.8) is 0 Å². The van der Waals surface area contributed by atoms with Crippen molar-refractivity contribution in [3.8, 4) is 0 Å². The molecule has 4 atom stereocenters. The highest BCUT2D eigenvalue weighted by molar-refractivity contribution is 6.18. The van der Waals surface area contributed by atoms with E-state index in [4.69, 9.17) is 16.3 Å². The first kappa shape index (κ1) is 10.7. The first-order valence-electron chi connectivity index (χ1n) is 3.81. The lowest BCUT2D eigenvalue weighted by molar-refractivity contribution is -0.184. The van der Waals surface area contributed by atoms with Crippen molar-refractivity contribution >= 4 is 17.6 Å². The van der Waals surface area contributed by atoms with E-state index < -0.39 is 30.6 Å². The summed E-state index contributed by atoms with van der Waals surface area (Å²) in [5.41, 5.74) is 0. The van der Waals surface area contributed by atoms with Gasteiger partial charge in [-0.05, 0) is 0 Å². The average Bonchev–Trinajstić information content (AvgIpc) is 2.32. The molecule has 0 radical (unpaired) electrons. The zero-order valence-electron chi connectivity index (χ0n) is 7.01. The van der Waals surface area contributed by atoms with Crippen molar-refractivity contribution in [3.05, 3.63) is 0 Å². The summed E-state index contributed by atoms with van der Waals surface area (Å²) in [4.78, 5) is 10.5. The highest BCUT2D eigenvalue weighted by atomic mass is 35.5. The van der Waals surface area contributed by atoms with Crippen molar-refractivity contribution in [1.82, 2.24) is 0 Å². The lowest BCUT2D eigenvalue weighted by atomic mass is 10.2. The van der Waals surface area contributed by atoms with Gasteiger partial charge in [-0.25, -0.2) is 0 Å². The number of rotatable bonds is 2. The minimum atomic E-state index is -1.23. The van der Waals surface area contributed by atoms with Gasteiger partial charge in [0.1, 0.15) is 18.3 Å². The molecule has 2 N–H and O–H groups in total. The summed E-state index contributed by atoms with van der Waals surface area (Å²) in [6.07, 6.45) is -4.15. The maximum absolute atomic E-state index is 10.5. The van der Waals surface area contributed by atoms with Crippen LogP contribution >= 0.6 is 11.6 Å². The van der Waals surface area contributed by atoms with Gasteiger partial charge in [-0.15, -0.1) is 11.6 Å². The molecule has 0 bridgehead atoms. The number of esters is 1. The Bertz CT molecular complexity index is 197. The minimum absolute atomic E-state index is 0.0377. The van der Waals surface area contributed by atoms with Crippen molar-refractivity contribution in [2.75, 3.05) is 5.88 Å². The molecule has 0 aromatic carbocycles. The van der Waals surface area contributed by atoms with Crippen molar-refractivity contribution in [2.24, 2.45) is 0 Å². The molecule has 1 rings (SSSR count). The molecular weight excluding hydrogens is 200 g/mol. The van der Waals surface area contributed by atoms with E-state index in [-0.39, 0.29) is 5.88 Å². The van der Waals surface area contributed by atoms with E-state index in [0.29, 0.717) is 0 Å². The Morgan fingerprint density at radius 3 is 2.54 bits per heavy atom. The molecule has 13 heavy (non-hydrogen) atoms. The second-order valence-corrected chi connectivity index (χ2v) is 3.10. The summed E-state index contributed by atoms with van der Waals surface area (Å²) in [5, 5.41) is 18.6. The van der Waals surface area contributed by atoms with Gasteiger partial charge < -0.3 is 19.7 Å². The van der Waals surface area contributed by atoms with Crippen LogP contribution in [0.15, 0.2) is 0 Å². The number of halogens is 1. The minimum Gasteiger partial charge on any atom is -0.433 e. The molecule has 1 fully saturated rings. The van der Waals surface area contributed by atoms with Crippen molar-refractivity contribution in [2.45, 2.75) is 31.5 Å². The standard InChI is InChI=1S/C7H11ClO5/c1-3(9)12-7-6(11)5(10)4(2-8)13-7/h4-7,10-11H,2H2,1H3/t4-,5-,6-,7+/m1/s1. The zero-order valence-corrected chi connectivity index (χ0v) is 7.77. The van der Waals surface area contributed by atoms with Crippen LogP contribution < -0.4 is 0 Å². The SMILES string of the molecule is CC(=O)O[C@H]1O[C@H](CCl)[C@@H](O)[C@H]1O. The van der Waals surface area contributed by atoms with Crippen LogP contribution in [0.3, 0.4) is 0 Å². The van der Waals surface area contributed by atoms with Crippen LogP contribution in [0.5, 0.6) is 0 Å². The first-order chi connectivity index (χ1) is 6.06. The van der Waals surface area contributed by atoms with Gasteiger partial charge in [-0.1, -0.05) is 0 Å². The molecule has 6 heteroatoms. The van der Waals surface area contributed by atoms with Gasteiger partial charge in [0.05, 0.1) is 5.88 Å². The van der Waals surface area contributed by atoms with E-state index in [1.54, 1.807) is 0 Å². The van der Waals surface area contributed by atoms with Crippen LogP contribution in [0.1, 0.15) is 6.92 Å². The molecule has 1 aliphatic heterocycles. The van der Waals surface area contributed by atoms with Crippen LogP contribution in [-0.4, -0.2) is 46.7 Å². The molecule has 0 aromatic heterocycles. The highest BCUT2D eigenvalue weighted by Gasteiger charge is 2.44. The van der Waals surface area contributed by atoms with Gasteiger partial charge in [0.25, 0.3) is 0 Å². The first-order valence-corrected chi connectivity index (χ1v) is 4.34. The van der Waals surface area contributed by atoms with Crippen LogP contribution in [0.2, 0.25) is 0 Å². The fourth-order valence-electron chi connectivity index (χ4n) is 1.10. The molecule has 0 aliphatic carbocycles. The van der Waals surface area contributed by atoms with Gasteiger partial charge in [0.2, 0.25) is 6.29 Å². The molecule has 1 heterocycles. The van der Waals surface area contributed by atoms with Crippen LogP contribution in [0, 0.1) is 0 Å². The van der Waals surface area contributed by atoms with Crippen molar-refractivity contribution < 1.29 is 24.5 Å². The lowest BCUT2D eigenvalue weighted by Gasteiger charge is -2.13. The predicted molar refractivity (Wildman–Crippen MR) is 43.2 cm³/mol. The maximum atomic E-state index is 10.5. The fourth-order valence-corrected chi connectivity index (χ4v) is 1.36. The molecule has 0 amide bonds. The number of ether oxygens (including phenoxy) is 2. The molecule has 5 nitrogen and oxygen atoms in total. The molecule has 1 aliphatic rings.